The van der Waals surface area contributed by atoms with Gasteiger partial charge in [-0.25, -0.2) is 0 Å². The molecule has 0 unspecified atom stereocenters. The van der Waals surface area contributed by atoms with Crippen LogP contribution in [0.4, 0.5) is 17.1 Å². The van der Waals surface area contributed by atoms with Crippen LogP contribution in [0.3, 0.4) is 0 Å². The number of nitro groups is 1. The molecule has 4 fully saturated rings. The Morgan fingerprint density at radius 3 is 2.68 bits per heavy atom. The maximum atomic E-state index is 11.4. The predicted octanol–water partition coefficient (Wildman–Crippen LogP) is -0.945. The molecule has 1 aromatic carbocycles. The van der Waals surface area contributed by atoms with Crippen molar-refractivity contribution in [2.75, 3.05) is 56.1 Å². The second-order valence-electron chi connectivity index (χ2n) is 7.23. The maximum absolute atomic E-state index is 11.4. The lowest BCUT2D eigenvalue weighted by atomic mass is 9.87. The summed E-state index contributed by atoms with van der Waals surface area (Å²) in [7, 11) is 0. The molecule has 1 aromatic rings. The Bertz CT molecular complexity index is 678. The third-order valence-electron chi connectivity index (χ3n) is 5.66. The van der Waals surface area contributed by atoms with E-state index in [4.69, 9.17) is 0 Å². The van der Waals surface area contributed by atoms with Gasteiger partial charge in [0, 0.05) is 30.5 Å². The molecule has 5 rings (SSSR count). The van der Waals surface area contributed by atoms with Crippen molar-refractivity contribution in [2.24, 2.45) is 11.0 Å². The smallest absolute Gasteiger partial charge is 0.294 e. The number of hydrazone groups is 1. The molecule has 0 aromatic heterocycles. The molecular weight excluding hydrogens is 320 g/mol. The summed E-state index contributed by atoms with van der Waals surface area (Å²) in [5.41, 5.74) is 5.81. The zero-order chi connectivity index (χ0) is 17.2. The summed E-state index contributed by atoms with van der Waals surface area (Å²) in [6, 6.07) is 5.32. The number of fused-ring (bicyclic) bond motifs is 3. The Kier molecular flexibility index (Phi) is 4.54. The van der Waals surface area contributed by atoms with E-state index in [2.05, 4.69) is 20.7 Å². The number of anilines is 2. The average molecular weight is 346 g/mol. The van der Waals surface area contributed by atoms with E-state index in [1.54, 1.807) is 11.0 Å². The number of nitrogens with zero attached hydrogens (tertiary/aromatic N) is 3. The maximum Gasteiger partial charge on any atom is 0.294 e. The Morgan fingerprint density at radius 2 is 2.04 bits per heavy atom. The molecule has 4 aliphatic heterocycles. The van der Waals surface area contributed by atoms with Crippen molar-refractivity contribution in [1.82, 2.24) is 0 Å². The van der Waals surface area contributed by atoms with Crippen LogP contribution in [0.1, 0.15) is 12.8 Å². The van der Waals surface area contributed by atoms with Crippen molar-refractivity contribution in [1.29, 1.82) is 0 Å². The lowest BCUT2D eigenvalue weighted by molar-refractivity contribution is -0.902. The van der Waals surface area contributed by atoms with Gasteiger partial charge < -0.3 is 15.1 Å². The highest BCUT2D eigenvalue weighted by atomic mass is 16.6. The van der Waals surface area contributed by atoms with E-state index in [-0.39, 0.29) is 10.6 Å². The fourth-order valence-corrected chi connectivity index (χ4v) is 4.18. The molecule has 0 spiro atoms. The van der Waals surface area contributed by atoms with Crippen LogP contribution in [0.25, 0.3) is 0 Å². The van der Waals surface area contributed by atoms with Crippen LogP contribution >= 0.6 is 0 Å². The van der Waals surface area contributed by atoms with E-state index in [0.29, 0.717) is 11.6 Å². The van der Waals surface area contributed by atoms with Crippen molar-refractivity contribution >= 4 is 22.8 Å². The number of nitrogens with one attached hydrogen (secondary N) is 2. The number of benzene rings is 1. The number of piperidine rings is 3. The van der Waals surface area contributed by atoms with Gasteiger partial charge in [0.25, 0.3) is 5.69 Å². The zero-order valence-electron chi connectivity index (χ0n) is 14.4. The van der Waals surface area contributed by atoms with Crippen LogP contribution in [-0.2, 0) is 0 Å². The van der Waals surface area contributed by atoms with Crippen molar-refractivity contribution in [3.05, 3.63) is 28.3 Å². The summed E-state index contributed by atoms with van der Waals surface area (Å²) in [6.45, 7) is 7.46. The number of quaternary nitrogens is 2. The van der Waals surface area contributed by atoms with E-state index < -0.39 is 0 Å². The Balaban J connectivity index is 1.57. The van der Waals surface area contributed by atoms with Gasteiger partial charge in [0.2, 0.25) is 0 Å². The quantitative estimate of drug-likeness (QED) is 0.484. The van der Waals surface area contributed by atoms with E-state index >= 15 is 0 Å². The van der Waals surface area contributed by atoms with Crippen LogP contribution in [0.15, 0.2) is 23.3 Å². The van der Waals surface area contributed by atoms with Crippen molar-refractivity contribution in [2.45, 2.75) is 12.8 Å². The molecule has 0 aliphatic carbocycles. The highest BCUT2D eigenvalue weighted by molar-refractivity contribution is 5.89. The monoisotopic (exact) mass is 346 g/mol. The third-order valence-corrected chi connectivity index (χ3v) is 5.66. The lowest BCUT2D eigenvalue weighted by Gasteiger charge is -2.36. The molecule has 8 heteroatoms. The first kappa shape index (κ1) is 16.3. The number of nitro benzene ring substituents is 1. The summed E-state index contributed by atoms with van der Waals surface area (Å²) in [5.74, 6) is 0.546. The van der Waals surface area contributed by atoms with Crippen LogP contribution in [0, 0.1) is 16.0 Å². The summed E-state index contributed by atoms with van der Waals surface area (Å²) >= 11 is 0. The number of nitrogens with two attached hydrogens (primary N) is 1. The van der Waals surface area contributed by atoms with Crippen LogP contribution in [0.2, 0.25) is 0 Å². The lowest BCUT2D eigenvalue weighted by Crippen LogP contribution is -3.16. The molecule has 4 N–H and O–H groups in total. The highest BCUT2D eigenvalue weighted by Crippen LogP contribution is 2.30. The van der Waals surface area contributed by atoms with Gasteiger partial charge in [0.1, 0.15) is 12.2 Å². The summed E-state index contributed by atoms with van der Waals surface area (Å²) in [4.78, 5) is 14.9. The first-order valence-electron chi connectivity index (χ1n) is 9.22. The molecule has 134 valence electrons. The normalized spacial score (nSPS) is 27.5. The molecule has 2 bridgehead atoms. The SMILES string of the molecule is O=[N+]([O-])c1ccc(N2CC[NH2+]CC2)cc1N/N=C1\C[NH+]2CCC1CC2. The molecule has 0 saturated carbocycles. The van der Waals surface area contributed by atoms with Crippen LogP contribution < -0.4 is 20.5 Å². The molecule has 4 aliphatic rings. The second-order valence-corrected chi connectivity index (χ2v) is 7.23. The van der Waals surface area contributed by atoms with Gasteiger partial charge in [-0.05, 0) is 12.1 Å². The number of rotatable bonds is 4. The van der Waals surface area contributed by atoms with Crippen molar-refractivity contribution in [3.63, 3.8) is 0 Å². The zero-order valence-corrected chi connectivity index (χ0v) is 14.4. The topological polar surface area (TPSA) is 91.8 Å². The van der Waals surface area contributed by atoms with Crippen LogP contribution in [0.5, 0.6) is 0 Å². The molecule has 4 heterocycles. The molecule has 4 saturated heterocycles. The first-order valence-corrected chi connectivity index (χ1v) is 9.22. The number of hydrogen-bond donors (Lipinski definition) is 3. The number of hydrogen-bond acceptors (Lipinski definition) is 5. The van der Waals surface area contributed by atoms with E-state index in [9.17, 15) is 10.1 Å². The molecular formula is C17H26N6O2+2. The Labute approximate surface area is 147 Å². The summed E-state index contributed by atoms with van der Waals surface area (Å²) in [5, 5.41) is 18.3. The highest BCUT2D eigenvalue weighted by Gasteiger charge is 2.34. The van der Waals surface area contributed by atoms with Gasteiger partial charge in [0.05, 0.1) is 49.9 Å². The minimum atomic E-state index is -0.335. The molecule has 0 amide bonds. The minimum Gasteiger partial charge on any atom is -0.360 e. The van der Waals surface area contributed by atoms with E-state index in [1.165, 1.54) is 31.6 Å². The van der Waals surface area contributed by atoms with Crippen LogP contribution in [-0.4, -0.2) is 56.4 Å². The van der Waals surface area contributed by atoms with Gasteiger partial charge in [-0.2, -0.15) is 5.10 Å². The fourth-order valence-electron chi connectivity index (χ4n) is 4.18. The average Bonchev–Trinajstić information content (AvgIpc) is 2.67. The number of piperazine rings is 1. The molecule has 25 heavy (non-hydrogen) atoms. The molecule has 0 atom stereocenters. The van der Waals surface area contributed by atoms with Gasteiger partial charge >= 0.3 is 0 Å². The minimum absolute atomic E-state index is 0.0882. The fraction of sp³-hybridized carbons (Fsp3) is 0.588. The summed E-state index contributed by atoms with van der Waals surface area (Å²) in [6.07, 6.45) is 2.37. The van der Waals surface area contributed by atoms with Gasteiger partial charge in [-0.1, -0.05) is 0 Å². The standard InChI is InChI=1S/C17H24N6O2/c24-23(25)17-2-1-14(22-9-5-18-6-10-22)11-15(17)19-20-16-12-21-7-3-13(16)4-8-21/h1-2,11,13,18-19H,3-10,12H2/p+2/b20-16+. The van der Waals surface area contributed by atoms with Gasteiger partial charge in [-0.3, -0.25) is 15.5 Å². The second kappa shape index (κ2) is 6.97. The molecule has 8 nitrogen and oxygen atoms in total. The summed E-state index contributed by atoms with van der Waals surface area (Å²) < 4.78 is 0. The van der Waals surface area contributed by atoms with E-state index in [0.717, 1.165) is 38.4 Å². The Hall–Kier alpha value is -2.19. The first-order chi connectivity index (χ1) is 12.2. The van der Waals surface area contributed by atoms with E-state index in [1.807, 2.05) is 12.1 Å². The molecule has 0 radical (unpaired) electrons. The Morgan fingerprint density at radius 1 is 1.28 bits per heavy atom. The van der Waals surface area contributed by atoms with Gasteiger partial charge in [0.15, 0.2) is 0 Å². The largest absolute Gasteiger partial charge is 0.360 e. The van der Waals surface area contributed by atoms with Crippen molar-refractivity contribution in [3.8, 4) is 0 Å². The van der Waals surface area contributed by atoms with Crippen molar-refractivity contribution < 1.29 is 15.1 Å². The third kappa shape index (κ3) is 3.45. The van der Waals surface area contributed by atoms with Gasteiger partial charge in [-0.15, -0.1) is 0 Å². The predicted molar refractivity (Wildman–Crippen MR) is 96.3 cm³/mol.